The molecule has 1 saturated carbocycles. The summed E-state index contributed by atoms with van der Waals surface area (Å²) in [6.45, 7) is 10.4. The molecule has 118 valence electrons. The Labute approximate surface area is 124 Å². The van der Waals surface area contributed by atoms with Crippen molar-refractivity contribution in [1.29, 1.82) is 0 Å². The molecule has 0 saturated heterocycles. The van der Waals surface area contributed by atoms with Gasteiger partial charge in [-0.15, -0.1) is 0 Å². The summed E-state index contributed by atoms with van der Waals surface area (Å²) in [5.74, 6) is -0.144. The van der Waals surface area contributed by atoms with Gasteiger partial charge in [0.05, 0.1) is 7.11 Å². The van der Waals surface area contributed by atoms with Crippen LogP contribution in [-0.2, 0) is 9.53 Å². The van der Waals surface area contributed by atoms with E-state index < -0.39 is 5.54 Å². The first-order valence-electron chi connectivity index (χ1n) is 8.07. The number of esters is 1. The van der Waals surface area contributed by atoms with Crippen molar-refractivity contribution in [3.63, 3.8) is 0 Å². The SMILES string of the molecule is CCCCN(CC(C)(NC1CC1)C(=O)OC)C(C)CC. The highest BCUT2D eigenvalue weighted by Gasteiger charge is 2.41. The molecule has 4 nitrogen and oxygen atoms in total. The van der Waals surface area contributed by atoms with Crippen molar-refractivity contribution < 1.29 is 9.53 Å². The summed E-state index contributed by atoms with van der Waals surface area (Å²) >= 11 is 0. The van der Waals surface area contributed by atoms with Crippen LogP contribution in [0.2, 0.25) is 0 Å². The average molecular weight is 284 g/mol. The van der Waals surface area contributed by atoms with E-state index in [4.69, 9.17) is 4.74 Å². The van der Waals surface area contributed by atoms with Crippen molar-refractivity contribution in [3.05, 3.63) is 0 Å². The molecule has 1 fully saturated rings. The van der Waals surface area contributed by atoms with E-state index in [1.165, 1.54) is 32.8 Å². The zero-order valence-electron chi connectivity index (χ0n) is 13.9. The summed E-state index contributed by atoms with van der Waals surface area (Å²) in [5, 5.41) is 3.49. The van der Waals surface area contributed by atoms with Crippen molar-refractivity contribution in [2.24, 2.45) is 0 Å². The van der Waals surface area contributed by atoms with Crippen LogP contribution in [0.3, 0.4) is 0 Å². The average Bonchev–Trinajstić information content (AvgIpc) is 3.25. The smallest absolute Gasteiger partial charge is 0.327 e. The fraction of sp³-hybridized carbons (Fsp3) is 0.938. The van der Waals surface area contributed by atoms with E-state index in [1.807, 2.05) is 6.92 Å². The van der Waals surface area contributed by atoms with E-state index in [2.05, 4.69) is 31.0 Å². The van der Waals surface area contributed by atoms with Gasteiger partial charge < -0.3 is 4.74 Å². The first kappa shape index (κ1) is 17.4. The molecule has 0 aromatic carbocycles. The Kier molecular flexibility index (Phi) is 6.96. The fourth-order valence-corrected chi connectivity index (χ4v) is 2.55. The number of unbranched alkanes of at least 4 members (excludes halogenated alkanes) is 1. The predicted molar refractivity (Wildman–Crippen MR) is 82.8 cm³/mol. The van der Waals surface area contributed by atoms with Crippen molar-refractivity contribution >= 4 is 5.97 Å². The molecule has 2 unspecified atom stereocenters. The Bertz CT molecular complexity index is 305. The van der Waals surface area contributed by atoms with Gasteiger partial charge in [-0.25, -0.2) is 0 Å². The standard InChI is InChI=1S/C16H32N2O2/c1-6-8-11-18(13(3)7-2)12-16(4,15(19)20-5)17-14-9-10-14/h13-14,17H,6-12H2,1-5H3. The van der Waals surface area contributed by atoms with Crippen LogP contribution in [0, 0.1) is 0 Å². The first-order valence-corrected chi connectivity index (χ1v) is 8.07. The number of carbonyl (C=O) groups is 1. The summed E-state index contributed by atoms with van der Waals surface area (Å²) in [6, 6.07) is 0.982. The van der Waals surface area contributed by atoms with Gasteiger partial charge in [-0.2, -0.15) is 0 Å². The van der Waals surface area contributed by atoms with Crippen molar-refractivity contribution in [3.8, 4) is 0 Å². The minimum Gasteiger partial charge on any atom is -0.468 e. The van der Waals surface area contributed by atoms with E-state index in [9.17, 15) is 4.79 Å². The molecule has 4 heteroatoms. The van der Waals surface area contributed by atoms with Gasteiger partial charge in [0.2, 0.25) is 0 Å². The van der Waals surface area contributed by atoms with Gasteiger partial charge in [0.15, 0.2) is 0 Å². The number of rotatable bonds is 10. The Hall–Kier alpha value is -0.610. The molecule has 1 rings (SSSR count). The number of hydrogen-bond acceptors (Lipinski definition) is 4. The van der Waals surface area contributed by atoms with Gasteiger partial charge in [0.25, 0.3) is 0 Å². The number of nitrogens with zero attached hydrogens (tertiary/aromatic N) is 1. The van der Waals surface area contributed by atoms with Crippen molar-refractivity contribution in [1.82, 2.24) is 10.2 Å². The molecule has 20 heavy (non-hydrogen) atoms. The predicted octanol–water partition coefficient (Wildman–Crippen LogP) is 2.57. The monoisotopic (exact) mass is 284 g/mol. The van der Waals surface area contributed by atoms with Crippen LogP contribution in [0.25, 0.3) is 0 Å². The number of nitrogens with one attached hydrogen (secondary N) is 1. The molecule has 0 radical (unpaired) electrons. The maximum absolute atomic E-state index is 12.2. The third kappa shape index (κ3) is 5.06. The molecule has 2 atom stereocenters. The number of ether oxygens (including phenoxy) is 1. The number of carbonyl (C=O) groups excluding carboxylic acids is 1. The summed E-state index contributed by atoms with van der Waals surface area (Å²) < 4.78 is 5.03. The second-order valence-electron chi connectivity index (χ2n) is 6.32. The lowest BCUT2D eigenvalue weighted by Crippen LogP contribution is -2.59. The molecule has 0 bridgehead atoms. The van der Waals surface area contributed by atoms with E-state index >= 15 is 0 Å². The molecule has 0 aromatic heterocycles. The second-order valence-corrected chi connectivity index (χ2v) is 6.32. The molecule has 0 aromatic rings. The third-order valence-corrected chi connectivity index (χ3v) is 4.27. The van der Waals surface area contributed by atoms with Crippen LogP contribution in [0.4, 0.5) is 0 Å². The molecule has 1 aliphatic rings. The Morgan fingerprint density at radius 2 is 2.10 bits per heavy atom. The summed E-state index contributed by atoms with van der Waals surface area (Å²) in [6.07, 6.45) is 5.79. The molecular formula is C16H32N2O2. The van der Waals surface area contributed by atoms with Crippen molar-refractivity contribution in [2.45, 2.75) is 77.4 Å². The zero-order chi connectivity index (χ0) is 15.2. The highest BCUT2D eigenvalue weighted by atomic mass is 16.5. The second kappa shape index (κ2) is 7.99. The van der Waals surface area contributed by atoms with Gasteiger partial charge in [-0.3, -0.25) is 15.0 Å². The summed E-state index contributed by atoms with van der Waals surface area (Å²) in [7, 11) is 1.48. The number of methoxy groups -OCH3 is 1. The van der Waals surface area contributed by atoms with Gasteiger partial charge in [0, 0.05) is 18.6 Å². The Balaban J connectivity index is 2.73. The Morgan fingerprint density at radius 3 is 2.55 bits per heavy atom. The van der Waals surface area contributed by atoms with Crippen LogP contribution >= 0.6 is 0 Å². The third-order valence-electron chi connectivity index (χ3n) is 4.27. The van der Waals surface area contributed by atoms with Gasteiger partial charge >= 0.3 is 5.97 Å². The highest BCUT2D eigenvalue weighted by molar-refractivity contribution is 5.80. The summed E-state index contributed by atoms with van der Waals surface area (Å²) in [4.78, 5) is 14.6. The number of hydrogen-bond donors (Lipinski definition) is 1. The molecule has 0 amide bonds. The molecule has 0 spiro atoms. The van der Waals surface area contributed by atoms with E-state index in [0.29, 0.717) is 12.1 Å². The zero-order valence-corrected chi connectivity index (χ0v) is 13.9. The van der Waals surface area contributed by atoms with Crippen LogP contribution in [0.5, 0.6) is 0 Å². The molecule has 0 aliphatic heterocycles. The van der Waals surface area contributed by atoms with E-state index in [0.717, 1.165) is 19.5 Å². The van der Waals surface area contributed by atoms with Crippen LogP contribution in [0.15, 0.2) is 0 Å². The normalized spacial score (nSPS) is 19.7. The molecular weight excluding hydrogens is 252 g/mol. The molecule has 0 heterocycles. The largest absolute Gasteiger partial charge is 0.468 e. The van der Waals surface area contributed by atoms with E-state index in [-0.39, 0.29) is 5.97 Å². The quantitative estimate of drug-likeness (QED) is 0.626. The van der Waals surface area contributed by atoms with Crippen LogP contribution in [0.1, 0.15) is 59.8 Å². The minimum atomic E-state index is -0.590. The van der Waals surface area contributed by atoms with Crippen LogP contribution in [-0.4, -0.2) is 48.7 Å². The van der Waals surface area contributed by atoms with Crippen LogP contribution < -0.4 is 5.32 Å². The van der Waals surface area contributed by atoms with E-state index in [1.54, 1.807) is 0 Å². The molecule has 1 aliphatic carbocycles. The minimum absolute atomic E-state index is 0.144. The lowest BCUT2D eigenvalue weighted by molar-refractivity contribution is -0.149. The molecule has 1 N–H and O–H groups in total. The topological polar surface area (TPSA) is 41.6 Å². The fourth-order valence-electron chi connectivity index (χ4n) is 2.55. The Morgan fingerprint density at radius 1 is 1.45 bits per heavy atom. The lowest BCUT2D eigenvalue weighted by atomic mass is 9.99. The first-order chi connectivity index (χ1) is 9.46. The lowest BCUT2D eigenvalue weighted by Gasteiger charge is -2.37. The van der Waals surface area contributed by atoms with Gasteiger partial charge in [-0.05, 0) is 46.1 Å². The van der Waals surface area contributed by atoms with Gasteiger partial charge in [0.1, 0.15) is 5.54 Å². The highest BCUT2D eigenvalue weighted by Crippen LogP contribution is 2.24. The maximum atomic E-state index is 12.2. The van der Waals surface area contributed by atoms with Crippen molar-refractivity contribution in [2.75, 3.05) is 20.2 Å². The van der Waals surface area contributed by atoms with Gasteiger partial charge in [-0.1, -0.05) is 20.3 Å². The summed E-state index contributed by atoms with van der Waals surface area (Å²) in [5.41, 5.74) is -0.590. The maximum Gasteiger partial charge on any atom is 0.327 e.